The summed E-state index contributed by atoms with van der Waals surface area (Å²) in [6.45, 7) is 7.19. The molecule has 6 nitrogen and oxygen atoms in total. The maximum Gasteiger partial charge on any atom is 0.259 e. The van der Waals surface area contributed by atoms with Gasteiger partial charge in [-0.2, -0.15) is 0 Å². The van der Waals surface area contributed by atoms with Crippen molar-refractivity contribution in [2.75, 3.05) is 38.2 Å². The summed E-state index contributed by atoms with van der Waals surface area (Å²) in [6, 6.07) is 11.2. The Hall–Kier alpha value is -2.99. The van der Waals surface area contributed by atoms with Gasteiger partial charge in [-0.05, 0) is 49.7 Å². The van der Waals surface area contributed by atoms with Gasteiger partial charge >= 0.3 is 0 Å². The molecule has 0 saturated carbocycles. The van der Waals surface area contributed by atoms with E-state index < -0.39 is 0 Å². The molecule has 2 heterocycles. The van der Waals surface area contributed by atoms with Gasteiger partial charge in [-0.25, -0.2) is 0 Å². The van der Waals surface area contributed by atoms with E-state index in [0.29, 0.717) is 48.9 Å². The van der Waals surface area contributed by atoms with Crippen LogP contribution in [0.5, 0.6) is 5.75 Å². The lowest BCUT2D eigenvalue weighted by Gasteiger charge is -2.37. The van der Waals surface area contributed by atoms with Crippen LogP contribution >= 0.6 is 11.6 Å². The largest absolute Gasteiger partial charge is 0.497 e. The molecule has 0 spiro atoms. The minimum atomic E-state index is -0.253. The van der Waals surface area contributed by atoms with Gasteiger partial charge in [0.15, 0.2) is 0 Å². The van der Waals surface area contributed by atoms with Crippen molar-refractivity contribution in [2.24, 2.45) is 0 Å². The minimum absolute atomic E-state index is 0.204. The van der Waals surface area contributed by atoms with Crippen LogP contribution in [-0.4, -0.2) is 48.7 Å². The fourth-order valence-corrected chi connectivity index (χ4v) is 4.33. The Morgan fingerprint density at radius 2 is 1.84 bits per heavy atom. The molecule has 0 aliphatic carbocycles. The molecule has 1 aliphatic heterocycles. The molecule has 7 heteroatoms. The highest BCUT2D eigenvalue weighted by Gasteiger charge is 2.26. The number of aryl methyl sites for hydroxylation is 2. The van der Waals surface area contributed by atoms with E-state index in [1.54, 1.807) is 24.3 Å². The Kier molecular flexibility index (Phi) is 5.92. The van der Waals surface area contributed by atoms with Crippen LogP contribution in [0.2, 0.25) is 5.02 Å². The molecule has 2 aromatic carbocycles. The fourth-order valence-electron chi connectivity index (χ4n) is 4.16. The van der Waals surface area contributed by atoms with Gasteiger partial charge < -0.3 is 19.1 Å². The number of hydrogen-bond acceptors (Lipinski definition) is 4. The third kappa shape index (κ3) is 4.00. The summed E-state index contributed by atoms with van der Waals surface area (Å²) in [5.74, 6) is 0.377. The predicted octanol–water partition coefficient (Wildman–Crippen LogP) is 3.95. The average Bonchev–Trinajstić information content (AvgIpc) is 2.80. The molecule has 1 aromatic heterocycles. The highest BCUT2D eigenvalue weighted by molar-refractivity contribution is 6.30. The fraction of sp³-hybridized carbons (Fsp3) is 0.333. The molecule has 1 fully saturated rings. The van der Waals surface area contributed by atoms with E-state index in [1.807, 2.05) is 41.8 Å². The number of fused-ring (bicyclic) bond motifs is 1. The summed E-state index contributed by atoms with van der Waals surface area (Å²) in [5, 5.41) is 1.20. The molecule has 0 atom stereocenters. The van der Waals surface area contributed by atoms with E-state index in [2.05, 4.69) is 11.8 Å². The highest BCUT2D eigenvalue weighted by atomic mass is 35.5. The van der Waals surface area contributed by atoms with Crippen LogP contribution in [0, 0.1) is 6.92 Å². The van der Waals surface area contributed by atoms with Crippen molar-refractivity contribution in [2.45, 2.75) is 20.4 Å². The maximum absolute atomic E-state index is 13.3. The number of aromatic nitrogens is 1. The van der Waals surface area contributed by atoms with Gasteiger partial charge in [-0.15, -0.1) is 0 Å². The zero-order chi connectivity index (χ0) is 22.1. The number of amides is 1. The van der Waals surface area contributed by atoms with Gasteiger partial charge in [0.05, 0.1) is 18.0 Å². The number of anilines is 1. The van der Waals surface area contributed by atoms with Crippen LogP contribution in [0.3, 0.4) is 0 Å². The molecule has 0 bridgehead atoms. The summed E-state index contributed by atoms with van der Waals surface area (Å²) < 4.78 is 7.22. The first-order valence-corrected chi connectivity index (χ1v) is 10.8. The first-order chi connectivity index (χ1) is 14.9. The lowest BCUT2D eigenvalue weighted by atomic mass is 10.1. The minimum Gasteiger partial charge on any atom is -0.497 e. The van der Waals surface area contributed by atoms with Crippen molar-refractivity contribution < 1.29 is 9.53 Å². The van der Waals surface area contributed by atoms with Crippen molar-refractivity contribution >= 4 is 34.1 Å². The average molecular weight is 440 g/mol. The number of benzene rings is 2. The molecule has 4 rings (SSSR count). The second-order valence-electron chi connectivity index (χ2n) is 7.75. The molecule has 1 saturated heterocycles. The zero-order valence-corrected chi connectivity index (χ0v) is 18.8. The number of hydrogen-bond donors (Lipinski definition) is 0. The second-order valence-corrected chi connectivity index (χ2v) is 8.19. The van der Waals surface area contributed by atoms with Gasteiger partial charge in [0.1, 0.15) is 11.3 Å². The van der Waals surface area contributed by atoms with Gasteiger partial charge in [0, 0.05) is 49.6 Å². The Labute approximate surface area is 186 Å². The molecule has 0 radical (unpaired) electrons. The van der Waals surface area contributed by atoms with Crippen LogP contribution in [0.15, 0.2) is 47.4 Å². The van der Waals surface area contributed by atoms with E-state index in [4.69, 9.17) is 16.3 Å². The van der Waals surface area contributed by atoms with Gasteiger partial charge in [0.2, 0.25) is 5.43 Å². The monoisotopic (exact) mass is 439 g/mol. The quantitative estimate of drug-likeness (QED) is 0.617. The summed E-state index contributed by atoms with van der Waals surface area (Å²) in [5.41, 5.74) is 2.99. The zero-order valence-electron chi connectivity index (χ0n) is 18.0. The molecule has 1 aliphatic rings. The van der Waals surface area contributed by atoms with Crippen LogP contribution in [-0.2, 0) is 6.54 Å². The first-order valence-electron chi connectivity index (χ1n) is 10.4. The van der Waals surface area contributed by atoms with Crippen molar-refractivity contribution in [3.05, 3.63) is 69.0 Å². The topological polar surface area (TPSA) is 54.8 Å². The van der Waals surface area contributed by atoms with E-state index >= 15 is 0 Å². The van der Waals surface area contributed by atoms with E-state index in [1.165, 1.54) is 0 Å². The summed E-state index contributed by atoms with van der Waals surface area (Å²) in [6.07, 6.45) is 1.69. The van der Waals surface area contributed by atoms with Crippen LogP contribution in [0.25, 0.3) is 10.9 Å². The van der Waals surface area contributed by atoms with E-state index in [9.17, 15) is 9.59 Å². The summed E-state index contributed by atoms with van der Waals surface area (Å²) in [7, 11) is 1.57. The molecule has 0 unspecified atom stereocenters. The molecule has 162 valence electrons. The number of ether oxygens (including phenoxy) is 1. The standard InChI is InChI=1S/C24H26ClN3O3/c1-4-26-15-20(23(29)19-14-18(31-3)7-8-21(19)26)24(30)28-11-9-27(10-12-28)22-13-17(25)6-5-16(22)2/h5-8,13-15H,4,9-12H2,1-3H3. The Morgan fingerprint density at radius 1 is 1.10 bits per heavy atom. The van der Waals surface area contributed by atoms with Crippen molar-refractivity contribution in [1.82, 2.24) is 9.47 Å². The molecule has 3 aromatic rings. The SMILES string of the molecule is CCn1cc(C(=O)N2CCN(c3cc(Cl)ccc3C)CC2)c(=O)c2cc(OC)ccc21. The smallest absolute Gasteiger partial charge is 0.259 e. The first kappa shape index (κ1) is 21.2. The number of piperazine rings is 1. The second kappa shape index (κ2) is 8.63. The maximum atomic E-state index is 13.3. The number of pyridine rings is 1. The van der Waals surface area contributed by atoms with Crippen molar-refractivity contribution in [3.8, 4) is 5.75 Å². The Bertz CT molecular complexity index is 1200. The lowest BCUT2D eigenvalue weighted by molar-refractivity contribution is 0.0745. The number of carbonyl (C=O) groups is 1. The number of methoxy groups -OCH3 is 1. The van der Waals surface area contributed by atoms with E-state index in [0.717, 1.165) is 16.8 Å². The molecule has 0 N–H and O–H groups in total. The normalized spacial score (nSPS) is 14.2. The van der Waals surface area contributed by atoms with Crippen molar-refractivity contribution in [1.29, 1.82) is 0 Å². The number of nitrogens with zero attached hydrogens (tertiary/aromatic N) is 3. The van der Waals surface area contributed by atoms with Gasteiger partial charge in [-0.1, -0.05) is 17.7 Å². The van der Waals surface area contributed by atoms with Gasteiger partial charge in [-0.3, -0.25) is 9.59 Å². The van der Waals surface area contributed by atoms with E-state index in [-0.39, 0.29) is 16.9 Å². The number of carbonyl (C=O) groups excluding carboxylic acids is 1. The third-order valence-corrected chi connectivity index (χ3v) is 6.17. The predicted molar refractivity (Wildman–Crippen MR) is 125 cm³/mol. The van der Waals surface area contributed by atoms with Gasteiger partial charge in [0.25, 0.3) is 5.91 Å². The summed E-state index contributed by atoms with van der Waals surface area (Å²) >= 11 is 6.17. The molecule has 1 amide bonds. The summed E-state index contributed by atoms with van der Waals surface area (Å²) in [4.78, 5) is 30.5. The van der Waals surface area contributed by atoms with Crippen molar-refractivity contribution in [3.63, 3.8) is 0 Å². The van der Waals surface area contributed by atoms with Crippen LogP contribution in [0.1, 0.15) is 22.8 Å². The molecule has 31 heavy (non-hydrogen) atoms. The lowest BCUT2D eigenvalue weighted by Crippen LogP contribution is -2.49. The van der Waals surface area contributed by atoms with Crippen LogP contribution < -0.4 is 15.1 Å². The Morgan fingerprint density at radius 3 is 2.52 bits per heavy atom. The highest BCUT2D eigenvalue weighted by Crippen LogP contribution is 2.26. The van der Waals surface area contributed by atoms with Crippen LogP contribution in [0.4, 0.5) is 5.69 Å². The number of halogens is 1. The molecular formula is C24H26ClN3O3. The third-order valence-electron chi connectivity index (χ3n) is 5.94. The Balaban J connectivity index is 1.61. The molecular weight excluding hydrogens is 414 g/mol. The number of rotatable bonds is 4.